The van der Waals surface area contributed by atoms with Gasteiger partial charge < -0.3 is 20.5 Å². The second-order valence-electron chi connectivity index (χ2n) is 8.38. The van der Waals surface area contributed by atoms with Gasteiger partial charge in [0.25, 0.3) is 0 Å². The number of aryl methyl sites for hydroxylation is 1. The number of hydrogen-bond acceptors (Lipinski definition) is 8. The third kappa shape index (κ3) is 4.66. The van der Waals surface area contributed by atoms with Crippen molar-refractivity contribution < 1.29 is 9.47 Å². The van der Waals surface area contributed by atoms with Crippen LogP contribution in [-0.2, 0) is 4.74 Å². The molecule has 0 amide bonds. The number of morpholine rings is 1. The molecule has 34 heavy (non-hydrogen) atoms. The van der Waals surface area contributed by atoms with Crippen LogP contribution in [0.5, 0.6) is 5.75 Å². The minimum absolute atomic E-state index is 0.382. The van der Waals surface area contributed by atoms with Gasteiger partial charge in [-0.1, -0.05) is 12.1 Å². The zero-order valence-corrected chi connectivity index (χ0v) is 19.5. The molecule has 4 aromatic rings. The molecule has 1 aliphatic rings. The van der Waals surface area contributed by atoms with Crippen LogP contribution in [0.15, 0.2) is 48.7 Å². The Morgan fingerprint density at radius 2 is 1.91 bits per heavy atom. The number of anilines is 3. The summed E-state index contributed by atoms with van der Waals surface area (Å²) < 4.78 is 13.4. The van der Waals surface area contributed by atoms with E-state index in [-0.39, 0.29) is 0 Å². The Bertz CT molecular complexity index is 1300. The zero-order chi connectivity index (χ0) is 23.5. The van der Waals surface area contributed by atoms with E-state index in [1.54, 1.807) is 6.20 Å². The van der Waals surface area contributed by atoms with Crippen LogP contribution < -0.4 is 15.8 Å². The van der Waals surface area contributed by atoms with Crippen molar-refractivity contribution in [3.63, 3.8) is 0 Å². The Morgan fingerprint density at radius 1 is 1.09 bits per heavy atom. The first-order chi connectivity index (χ1) is 16.6. The summed E-state index contributed by atoms with van der Waals surface area (Å²) in [6.45, 7) is 9.14. The molecule has 0 saturated carbocycles. The van der Waals surface area contributed by atoms with Gasteiger partial charge >= 0.3 is 0 Å². The molecule has 3 N–H and O–H groups in total. The van der Waals surface area contributed by atoms with E-state index in [9.17, 15) is 0 Å². The van der Waals surface area contributed by atoms with E-state index in [4.69, 9.17) is 15.2 Å². The zero-order valence-electron chi connectivity index (χ0n) is 19.5. The molecule has 0 unspecified atom stereocenters. The van der Waals surface area contributed by atoms with Gasteiger partial charge in [0.2, 0.25) is 11.9 Å². The predicted molar refractivity (Wildman–Crippen MR) is 133 cm³/mol. The van der Waals surface area contributed by atoms with Crippen LogP contribution in [-0.4, -0.2) is 63.9 Å². The molecule has 9 nitrogen and oxygen atoms in total. The summed E-state index contributed by atoms with van der Waals surface area (Å²) in [5.74, 6) is 2.36. The first-order valence-electron chi connectivity index (χ1n) is 11.5. The Hall–Kier alpha value is -3.69. The van der Waals surface area contributed by atoms with Crippen molar-refractivity contribution >= 4 is 28.6 Å². The smallest absolute Gasteiger partial charge is 0.229 e. The van der Waals surface area contributed by atoms with Gasteiger partial charge in [-0.25, -0.2) is 9.97 Å². The second-order valence-corrected chi connectivity index (χ2v) is 8.38. The Morgan fingerprint density at radius 3 is 2.76 bits per heavy atom. The van der Waals surface area contributed by atoms with Gasteiger partial charge in [-0.15, -0.1) is 0 Å². The highest BCUT2D eigenvalue weighted by Crippen LogP contribution is 2.28. The molecule has 3 heterocycles. The van der Waals surface area contributed by atoms with E-state index < -0.39 is 0 Å². The molecule has 1 saturated heterocycles. The molecule has 5 rings (SSSR count). The van der Waals surface area contributed by atoms with Gasteiger partial charge in [0.1, 0.15) is 18.2 Å². The molecule has 1 aliphatic heterocycles. The molecule has 0 atom stereocenters. The lowest BCUT2D eigenvalue weighted by Gasteiger charge is -2.26. The molecule has 0 spiro atoms. The number of aromatic nitrogens is 4. The number of rotatable bonds is 7. The second kappa shape index (κ2) is 9.66. The van der Waals surface area contributed by atoms with Crippen molar-refractivity contribution in [3.8, 4) is 11.6 Å². The van der Waals surface area contributed by atoms with Crippen LogP contribution in [0, 0.1) is 13.8 Å². The summed E-state index contributed by atoms with van der Waals surface area (Å²) in [6, 6.07) is 13.7. The summed E-state index contributed by atoms with van der Waals surface area (Å²) in [7, 11) is 0. The van der Waals surface area contributed by atoms with Crippen LogP contribution in [0.25, 0.3) is 16.9 Å². The maximum atomic E-state index is 6.19. The summed E-state index contributed by atoms with van der Waals surface area (Å²) in [5.41, 5.74) is 11.0. The van der Waals surface area contributed by atoms with Crippen molar-refractivity contribution in [1.82, 2.24) is 24.4 Å². The number of nitrogens with one attached hydrogen (secondary N) is 1. The highest BCUT2D eigenvalue weighted by Gasteiger charge is 2.14. The van der Waals surface area contributed by atoms with Gasteiger partial charge in [0.05, 0.1) is 24.2 Å². The van der Waals surface area contributed by atoms with E-state index in [1.165, 1.54) is 0 Å². The van der Waals surface area contributed by atoms with Gasteiger partial charge in [0.15, 0.2) is 0 Å². The van der Waals surface area contributed by atoms with Crippen molar-refractivity contribution in [2.75, 3.05) is 50.5 Å². The maximum Gasteiger partial charge on any atom is 0.229 e. The Kier molecular flexibility index (Phi) is 6.29. The van der Waals surface area contributed by atoms with Crippen molar-refractivity contribution in [1.29, 1.82) is 0 Å². The fraction of sp³-hybridized carbons (Fsp3) is 0.320. The average molecular weight is 460 g/mol. The monoisotopic (exact) mass is 459 g/mol. The van der Waals surface area contributed by atoms with Crippen LogP contribution in [0.1, 0.15) is 11.1 Å². The van der Waals surface area contributed by atoms with E-state index in [0.717, 1.165) is 66.4 Å². The minimum atomic E-state index is 0.382. The highest BCUT2D eigenvalue weighted by atomic mass is 16.5. The molecule has 0 bridgehead atoms. The topological polar surface area (TPSA) is 103 Å². The van der Waals surface area contributed by atoms with Gasteiger partial charge in [-0.2, -0.15) is 4.98 Å². The molecule has 2 aromatic heterocycles. The van der Waals surface area contributed by atoms with Crippen LogP contribution in [0.2, 0.25) is 0 Å². The molecule has 176 valence electrons. The summed E-state index contributed by atoms with van der Waals surface area (Å²) in [4.78, 5) is 15.9. The number of fused-ring (bicyclic) bond motifs is 1. The number of hydrogen-bond donors (Lipinski definition) is 2. The lowest BCUT2D eigenvalue weighted by molar-refractivity contribution is 0.0322. The predicted octanol–water partition coefficient (Wildman–Crippen LogP) is 3.47. The molecule has 2 aromatic carbocycles. The van der Waals surface area contributed by atoms with E-state index in [1.807, 2.05) is 41.0 Å². The van der Waals surface area contributed by atoms with Gasteiger partial charge in [-0.05, 0) is 43.2 Å². The SMILES string of the molecule is Cc1cc(Nc2nccc(-n3c(N)nc4ccccc43)n2)cc(OCCN2CCOCC2)c1C. The number of nitrogens with zero attached hydrogens (tertiary/aromatic N) is 5. The summed E-state index contributed by atoms with van der Waals surface area (Å²) >= 11 is 0. The van der Waals surface area contributed by atoms with Crippen LogP contribution in [0.4, 0.5) is 17.6 Å². The number of nitrogens with two attached hydrogens (primary N) is 1. The largest absolute Gasteiger partial charge is 0.492 e. The first-order valence-corrected chi connectivity index (χ1v) is 11.5. The average Bonchev–Trinajstić information content (AvgIpc) is 3.18. The number of benzene rings is 2. The third-order valence-electron chi connectivity index (χ3n) is 6.10. The normalized spacial score (nSPS) is 14.4. The molecule has 1 fully saturated rings. The number of para-hydroxylation sites is 2. The fourth-order valence-corrected chi connectivity index (χ4v) is 4.11. The standard InChI is InChI=1S/C25H29N7O2/c1-17-15-19(16-22(18(17)2)34-14-11-31-9-12-33-13-10-31)28-25-27-8-7-23(30-25)32-21-6-4-3-5-20(21)29-24(32)26/h3-8,15-16H,9-14H2,1-2H3,(H2,26,29)(H,27,28,30). The van der Waals surface area contributed by atoms with E-state index in [2.05, 4.69) is 45.1 Å². The van der Waals surface area contributed by atoms with E-state index >= 15 is 0 Å². The Balaban J connectivity index is 1.34. The number of nitrogen functional groups attached to an aromatic ring is 1. The quantitative estimate of drug-likeness (QED) is 0.433. The fourth-order valence-electron chi connectivity index (χ4n) is 4.11. The lowest BCUT2D eigenvalue weighted by atomic mass is 10.1. The number of imidazole rings is 1. The van der Waals surface area contributed by atoms with Crippen molar-refractivity contribution in [2.24, 2.45) is 0 Å². The first kappa shape index (κ1) is 22.1. The highest BCUT2D eigenvalue weighted by molar-refractivity contribution is 5.80. The molecule has 0 aliphatic carbocycles. The molecule has 9 heteroatoms. The minimum Gasteiger partial charge on any atom is -0.492 e. The van der Waals surface area contributed by atoms with E-state index in [0.29, 0.717) is 24.3 Å². The molecule has 0 radical (unpaired) electrons. The summed E-state index contributed by atoms with van der Waals surface area (Å²) in [6.07, 6.45) is 1.71. The van der Waals surface area contributed by atoms with Crippen molar-refractivity contribution in [3.05, 3.63) is 59.8 Å². The van der Waals surface area contributed by atoms with Crippen LogP contribution >= 0.6 is 0 Å². The lowest BCUT2D eigenvalue weighted by Crippen LogP contribution is -2.38. The molecular weight excluding hydrogens is 430 g/mol. The van der Waals surface area contributed by atoms with Gasteiger partial charge in [-0.3, -0.25) is 9.47 Å². The number of ether oxygens (including phenoxy) is 2. The van der Waals surface area contributed by atoms with Crippen LogP contribution in [0.3, 0.4) is 0 Å². The van der Waals surface area contributed by atoms with Crippen molar-refractivity contribution in [2.45, 2.75) is 13.8 Å². The molecular formula is C25H29N7O2. The summed E-state index contributed by atoms with van der Waals surface area (Å²) in [5, 5.41) is 3.32. The van der Waals surface area contributed by atoms with Gasteiger partial charge in [0, 0.05) is 43.7 Å². The maximum absolute atomic E-state index is 6.19. The third-order valence-corrected chi connectivity index (χ3v) is 6.10. The Labute approximate surface area is 198 Å².